The standard InChI is InChI=1S/C14H16N2O3/c1-9(17)16-5-4-10-6-11(18-2)7-13(19-3)14(10)12(16)8-15/h6-7,12H,4-5H2,1-3H3. The summed E-state index contributed by atoms with van der Waals surface area (Å²) in [6.07, 6.45) is 0.695. The van der Waals surface area contributed by atoms with E-state index in [0.717, 1.165) is 11.1 Å². The highest BCUT2D eigenvalue weighted by molar-refractivity contribution is 5.75. The van der Waals surface area contributed by atoms with Crippen LogP contribution in [0.1, 0.15) is 24.1 Å². The van der Waals surface area contributed by atoms with Crippen molar-refractivity contribution in [2.45, 2.75) is 19.4 Å². The quantitative estimate of drug-likeness (QED) is 0.811. The summed E-state index contributed by atoms with van der Waals surface area (Å²) in [6.45, 7) is 2.02. The first-order valence-corrected chi connectivity index (χ1v) is 6.04. The van der Waals surface area contributed by atoms with Gasteiger partial charge >= 0.3 is 0 Å². The molecule has 0 saturated carbocycles. The molecule has 1 atom stereocenters. The second kappa shape index (κ2) is 5.19. The molecule has 0 spiro atoms. The summed E-state index contributed by atoms with van der Waals surface area (Å²) in [5.41, 5.74) is 1.77. The van der Waals surface area contributed by atoms with Gasteiger partial charge in [0.1, 0.15) is 17.5 Å². The summed E-state index contributed by atoms with van der Waals surface area (Å²) >= 11 is 0. The minimum atomic E-state index is -0.595. The normalized spacial score (nSPS) is 17.4. The first-order chi connectivity index (χ1) is 9.12. The van der Waals surface area contributed by atoms with E-state index in [4.69, 9.17) is 9.47 Å². The lowest BCUT2D eigenvalue weighted by molar-refractivity contribution is -0.130. The Morgan fingerprint density at radius 2 is 2.16 bits per heavy atom. The van der Waals surface area contributed by atoms with Crippen LogP contribution in [0.4, 0.5) is 0 Å². The summed E-state index contributed by atoms with van der Waals surface area (Å²) in [7, 11) is 3.14. The van der Waals surface area contributed by atoms with Gasteiger partial charge in [-0.25, -0.2) is 0 Å². The van der Waals surface area contributed by atoms with E-state index < -0.39 is 6.04 Å². The Bertz CT molecular complexity index is 531. The molecule has 1 amide bonds. The number of ether oxygens (including phenoxy) is 2. The van der Waals surface area contributed by atoms with Crippen molar-refractivity contribution in [3.05, 3.63) is 23.3 Å². The largest absolute Gasteiger partial charge is 0.497 e. The second-order valence-corrected chi connectivity index (χ2v) is 4.40. The first kappa shape index (κ1) is 13.2. The average molecular weight is 260 g/mol. The van der Waals surface area contributed by atoms with Crippen molar-refractivity contribution < 1.29 is 14.3 Å². The molecule has 0 N–H and O–H groups in total. The van der Waals surface area contributed by atoms with E-state index in [1.165, 1.54) is 6.92 Å². The molecule has 1 unspecified atom stereocenters. The monoisotopic (exact) mass is 260 g/mol. The summed E-state index contributed by atoms with van der Waals surface area (Å²) in [5.74, 6) is 1.19. The molecule has 19 heavy (non-hydrogen) atoms. The Balaban J connectivity index is 2.57. The summed E-state index contributed by atoms with van der Waals surface area (Å²) < 4.78 is 10.6. The molecule has 100 valence electrons. The maximum Gasteiger partial charge on any atom is 0.220 e. The number of amides is 1. The van der Waals surface area contributed by atoms with Gasteiger partial charge in [-0.2, -0.15) is 5.26 Å². The van der Waals surface area contributed by atoms with E-state index >= 15 is 0 Å². The first-order valence-electron chi connectivity index (χ1n) is 6.04. The molecule has 0 saturated heterocycles. The van der Waals surface area contributed by atoms with Crippen LogP contribution in [0.5, 0.6) is 11.5 Å². The zero-order valence-electron chi connectivity index (χ0n) is 11.3. The molecule has 0 aliphatic carbocycles. The number of hydrogen-bond acceptors (Lipinski definition) is 4. The Morgan fingerprint density at radius 3 is 2.68 bits per heavy atom. The van der Waals surface area contributed by atoms with Gasteiger partial charge in [0.2, 0.25) is 5.91 Å². The van der Waals surface area contributed by atoms with Crippen LogP contribution in [0.2, 0.25) is 0 Å². The molecule has 0 bridgehead atoms. The van der Waals surface area contributed by atoms with Crippen LogP contribution < -0.4 is 9.47 Å². The number of benzene rings is 1. The summed E-state index contributed by atoms with van der Waals surface area (Å²) in [6, 6.07) is 5.24. The number of carbonyl (C=O) groups is 1. The molecule has 2 rings (SSSR count). The summed E-state index contributed by atoms with van der Waals surface area (Å²) in [4.78, 5) is 13.2. The van der Waals surface area contributed by atoms with Crippen LogP contribution in [0.3, 0.4) is 0 Å². The lowest BCUT2D eigenvalue weighted by Gasteiger charge is -2.33. The lowest BCUT2D eigenvalue weighted by atomic mass is 9.92. The van der Waals surface area contributed by atoms with Gasteiger partial charge in [-0.3, -0.25) is 4.79 Å². The minimum absolute atomic E-state index is 0.102. The van der Waals surface area contributed by atoms with E-state index in [9.17, 15) is 10.1 Å². The highest BCUT2D eigenvalue weighted by atomic mass is 16.5. The molecule has 1 aromatic rings. The Kier molecular flexibility index (Phi) is 3.61. The highest BCUT2D eigenvalue weighted by Crippen LogP contribution is 2.39. The number of nitriles is 1. The van der Waals surface area contributed by atoms with Crippen LogP contribution in [0, 0.1) is 11.3 Å². The molecule has 1 aromatic carbocycles. The maximum absolute atomic E-state index is 11.6. The fourth-order valence-electron chi connectivity index (χ4n) is 2.46. The third-order valence-corrected chi connectivity index (χ3v) is 3.39. The second-order valence-electron chi connectivity index (χ2n) is 4.40. The Hall–Kier alpha value is -2.22. The Labute approximate surface area is 112 Å². The average Bonchev–Trinajstić information content (AvgIpc) is 2.44. The molecular weight excluding hydrogens is 244 g/mol. The molecule has 5 nitrogen and oxygen atoms in total. The summed E-state index contributed by atoms with van der Waals surface area (Å²) in [5, 5.41) is 9.37. The maximum atomic E-state index is 11.6. The van der Waals surface area contributed by atoms with Crippen molar-refractivity contribution >= 4 is 5.91 Å². The number of rotatable bonds is 2. The number of fused-ring (bicyclic) bond motifs is 1. The van der Waals surface area contributed by atoms with Crippen molar-refractivity contribution in [2.75, 3.05) is 20.8 Å². The predicted molar refractivity (Wildman–Crippen MR) is 69.0 cm³/mol. The molecule has 5 heteroatoms. The van der Waals surface area contributed by atoms with E-state index in [1.807, 2.05) is 6.07 Å². The zero-order chi connectivity index (χ0) is 14.0. The molecular formula is C14H16N2O3. The van der Waals surface area contributed by atoms with Gasteiger partial charge in [-0.15, -0.1) is 0 Å². The van der Waals surface area contributed by atoms with Gasteiger partial charge < -0.3 is 14.4 Å². The molecule has 1 aliphatic heterocycles. The van der Waals surface area contributed by atoms with Crippen LogP contribution in [0.25, 0.3) is 0 Å². The predicted octanol–water partition coefficient (Wildman–Crippen LogP) is 1.67. The van der Waals surface area contributed by atoms with E-state index in [2.05, 4.69) is 6.07 Å². The van der Waals surface area contributed by atoms with Gasteiger partial charge in [0.15, 0.2) is 0 Å². The number of methoxy groups -OCH3 is 2. The smallest absolute Gasteiger partial charge is 0.220 e. The molecule has 1 aliphatic rings. The number of carbonyl (C=O) groups excluding carboxylic acids is 1. The topological polar surface area (TPSA) is 62.6 Å². The van der Waals surface area contributed by atoms with E-state index in [1.54, 1.807) is 25.2 Å². The third kappa shape index (κ3) is 2.22. The van der Waals surface area contributed by atoms with Gasteiger partial charge in [0.05, 0.1) is 20.3 Å². The van der Waals surface area contributed by atoms with Crippen LogP contribution in [-0.4, -0.2) is 31.6 Å². The molecule has 0 fully saturated rings. The highest BCUT2D eigenvalue weighted by Gasteiger charge is 2.32. The van der Waals surface area contributed by atoms with Crippen molar-refractivity contribution in [3.63, 3.8) is 0 Å². The van der Waals surface area contributed by atoms with Crippen molar-refractivity contribution in [2.24, 2.45) is 0 Å². The SMILES string of the molecule is COc1cc2c(c(OC)c1)C(C#N)N(C(C)=O)CC2. The Morgan fingerprint density at radius 1 is 1.42 bits per heavy atom. The molecule has 0 radical (unpaired) electrons. The van der Waals surface area contributed by atoms with E-state index in [-0.39, 0.29) is 5.91 Å². The fourth-order valence-corrected chi connectivity index (χ4v) is 2.46. The van der Waals surface area contributed by atoms with Crippen molar-refractivity contribution in [1.29, 1.82) is 5.26 Å². The van der Waals surface area contributed by atoms with Gasteiger partial charge in [-0.1, -0.05) is 0 Å². The van der Waals surface area contributed by atoms with Crippen LogP contribution in [0.15, 0.2) is 12.1 Å². The lowest BCUT2D eigenvalue weighted by Crippen LogP contribution is -2.38. The van der Waals surface area contributed by atoms with Gasteiger partial charge in [-0.05, 0) is 18.1 Å². The van der Waals surface area contributed by atoms with Gasteiger partial charge in [0.25, 0.3) is 0 Å². The van der Waals surface area contributed by atoms with E-state index in [0.29, 0.717) is 24.5 Å². The van der Waals surface area contributed by atoms with Crippen molar-refractivity contribution in [1.82, 2.24) is 4.90 Å². The zero-order valence-corrected chi connectivity index (χ0v) is 11.3. The third-order valence-electron chi connectivity index (χ3n) is 3.39. The van der Waals surface area contributed by atoms with Crippen LogP contribution >= 0.6 is 0 Å². The minimum Gasteiger partial charge on any atom is -0.497 e. The van der Waals surface area contributed by atoms with Gasteiger partial charge in [0, 0.05) is 25.1 Å². The number of hydrogen-bond donors (Lipinski definition) is 0. The molecule has 0 aromatic heterocycles. The van der Waals surface area contributed by atoms with Crippen molar-refractivity contribution in [3.8, 4) is 17.6 Å². The fraction of sp³-hybridized carbons (Fsp3) is 0.429. The van der Waals surface area contributed by atoms with Crippen LogP contribution in [-0.2, 0) is 11.2 Å². The molecule has 1 heterocycles. The number of nitrogens with zero attached hydrogens (tertiary/aromatic N) is 2.